The Morgan fingerprint density at radius 2 is 1.50 bits per heavy atom. The predicted molar refractivity (Wildman–Crippen MR) is 63.3 cm³/mol. The third kappa shape index (κ3) is 6.51. The lowest BCUT2D eigenvalue weighted by Crippen LogP contribution is -1.78. The van der Waals surface area contributed by atoms with E-state index in [-0.39, 0.29) is 0 Å². The molecule has 1 aliphatic carbocycles. The number of hydrogen-bond acceptors (Lipinski definition) is 0. The van der Waals surface area contributed by atoms with Crippen LogP contribution >= 0.6 is 0 Å². The van der Waals surface area contributed by atoms with Crippen LogP contribution in [-0.2, 0) is 0 Å². The summed E-state index contributed by atoms with van der Waals surface area (Å²) in [5.41, 5.74) is 3.17. The zero-order chi connectivity index (χ0) is 9.90. The zero-order valence-electron chi connectivity index (χ0n) is 8.91. The number of allylic oxidation sites excluding steroid dienone is 5. The first-order chi connectivity index (χ1) is 7.00. The second-order valence-corrected chi connectivity index (χ2v) is 3.70. The minimum absolute atomic E-state index is 1.18. The molecule has 76 valence electrons. The smallest absolute Gasteiger partial charge is 0.0203 e. The molecule has 0 radical (unpaired) electrons. The predicted octanol–water partition coefficient (Wildman–Crippen LogP) is 4.55. The van der Waals surface area contributed by atoms with Crippen LogP contribution in [0.15, 0.2) is 42.2 Å². The van der Waals surface area contributed by atoms with Gasteiger partial charge in [-0.05, 0) is 37.8 Å². The van der Waals surface area contributed by atoms with Crippen LogP contribution in [0, 0.1) is 0 Å². The van der Waals surface area contributed by atoms with Crippen molar-refractivity contribution >= 4 is 0 Å². The van der Waals surface area contributed by atoms with Crippen LogP contribution < -0.4 is 0 Å². The second kappa shape index (κ2) is 8.59. The molecule has 0 saturated heterocycles. The summed E-state index contributed by atoms with van der Waals surface area (Å²) in [6.07, 6.45) is 21.8. The van der Waals surface area contributed by atoms with E-state index in [0.717, 1.165) is 0 Å². The molecule has 0 saturated carbocycles. The largest absolute Gasteiger partial charge is 0.125 e. The van der Waals surface area contributed by atoms with Crippen molar-refractivity contribution in [1.29, 1.82) is 0 Å². The lowest BCUT2D eigenvalue weighted by molar-refractivity contribution is 0.622. The van der Waals surface area contributed by atoms with Crippen molar-refractivity contribution in [3.8, 4) is 0 Å². The SMILES string of the molecule is C1=C/C=C/C=C/CCCCCCCC=1. The molecule has 1 aliphatic rings. The van der Waals surface area contributed by atoms with Gasteiger partial charge >= 0.3 is 0 Å². The van der Waals surface area contributed by atoms with Gasteiger partial charge in [-0.2, -0.15) is 0 Å². The molecule has 0 nitrogen and oxygen atoms in total. The lowest BCUT2D eigenvalue weighted by atomic mass is 10.1. The average molecular weight is 188 g/mol. The van der Waals surface area contributed by atoms with Crippen molar-refractivity contribution in [2.45, 2.75) is 44.9 Å². The summed E-state index contributed by atoms with van der Waals surface area (Å²) in [5.74, 6) is 0. The number of hydrogen-bond donors (Lipinski definition) is 0. The fourth-order valence-corrected chi connectivity index (χ4v) is 1.54. The number of rotatable bonds is 0. The van der Waals surface area contributed by atoms with Crippen molar-refractivity contribution in [2.75, 3.05) is 0 Å². The Balaban J connectivity index is 2.37. The van der Waals surface area contributed by atoms with Gasteiger partial charge in [0, 0.05) is 0 Å². The Morgan fingerprint density at radius 1 is 0.714 bits per heavy atom. The molecule has 0 atom stereocenters. The van der Waals surface area contributed by atoms with E-state index in [1.807, 2.05) is 12.2 Å². The van der Waals surface area contributed by atoms with Gasteiger partial charge in [0.1, 0.15) is 0 Å². The molecular formula is C14H20. The Labute approximate surface area is 87.7 Å². The highest BCUT2D eigenvalue weighted by atomic mass is 13.9. The normalized spacial score (nSPS) is 24.0. The monoisotopic (exact) mass is 188 g/mol. The Bertz CT molecular complexity index is 237. The van der Waals surface area contributed by atoms with Crippen LogP contribution in [0.4, 0.5) is 0 Å². The van der Waals surface area contributed by atoms with Gasteiger partial charge in [0.25, 0.3) is 0 Å². The second-order valence-electron chi connectivity index (χ2n) is 3.70. The Kier molecular flexibility index (Phi) is 6.80. The van der Waals surface area contributed by atoms with Crippen LogP contribution in [-0.4, -0.2) is 0 Å². The molecule has 0 aliphatic heterocycles. The molecule has 0 aromatic carbocycles. The van der Waals surface area contributed by atoms with Gasteiger partial charge in [-0.25, -0.2) is 0 Å². The first-order valence-corrected chi connectivity index (χ1v) is 5.73. The highest BCUT2D eigenvalue weighted by molar-refractivity contribution is 5.10. The molecule has 0 heterocycles. The third-order valence-corrected chi connectivity index (χ3v) is 2.39. The Morgan fingerprint density at radius 3 is 2.43 bits per heavy atom. The van der Waals surface area contributed by atoms with Crippen LogP contribution in [0.1, 0.15) is 44.9 Å². The summed E-state index contributed by atoms with van der Waals surface area (Å²) in [7, 11) is 0. The Hall–Kier alpha value is -1.00. The van der Waals surface area contributed by atoms with Gasteiger partial charge in [-0.3, -0.25) is 0 Å². The van der Waals surface area contributed by atoms with E-state index in [0.29, 0.717) is 0 Å². The van der Waals surface area contributed by atoms with Crippen molar-refractivity contribution < 1.29 is 0 Å². The van der Waals surface area contributed by atoms with Gasteiger partial charge in [0.15, 0.2) is 0 Å². The molecule has 0 aromatic heterocycles. The quantitative estimate of drug-likeness (QED) is 0.489. The average Bonchev–Trinajstić information content (AvgIpc) is 2.22. The minimum atomic E-state index is 1.18. The minimum Gasteiger partial charge on any atom is -0.125 e. The first kappa shape index (κ1) is 11.1. The zero-order valence-corrected chi connectivity index (χ0v) is 8.91. The van der Waals surface area contributed by atoms with Crippen LogP contribution in [0.3, 0.4) is 0 Å². The van der Waals surface area contributed by atoms with Crippen LogP contribution in [0.5, 0.6) is 0 Å². The topological polar surface area (TPSA) is 0 Å². The van der Waals surface area contributed by atoms with E-state index in [4.69, 9.17) is 0 Å². The van der Waals surface area contributed by atoms with E-state index in [1.165, 1.54) is 44.9 Å². The summed E-state index contributed by atoms with van der Waals surface area (Å²) >= 11 is 0. The van der Waals surface area contributed by atoms with Gasteiger partial charge in [-0.15, -0.1) is 5.73 Å². The fourth-order valence-electron chi connectivity index (χ4n) is 1.54. The van der Waals surface area contributed by atoms with Crippen molar-refractivity contribution in [3.05, 3.63) is 42.2 Å². The summed E-state index contributed by atoms with van der Waals surface area (Å²) in [4.78, 5) is 0. The van der Waals surface area contributed by atoms with Crippen LogP contribution in [0.2, 0.25) is 0 Å². The maximum Gasteiger partial charge on any atom is -0.0203 e. The van der Waals surface area contributed by atoms with Crippen molar-refractivity contribution in [3.63, 3.8) is 0 Å². The summed E-state index contributed by atoms with van der Waals surface area (Å²) in [6.45, 7) is 0. The molecule has 0 N–H and O–H groups in total. The van der Waals surface area contributed by atoms with E-state index in [1.54, 1.807) is 0 Å². The molecule has 0 spiro atoms. The van der Waals surface area contributed by atoms with E-state index < -0.39 is 0 Å². The first-order valence-electron chi connectivity index (χ1n) is 5.73. The fraction of sp³-hybridized carbons (Fsp3) is 0.500. The molecule has 0 heteroatoms. The molecule has 0 fully saturated rings. The molecule has 0 amide bonds. The van der Waals surface area contributed by atoms with Crippen molar-refractivity contribution in [2.24, 2.45) is 0 Å². The highest BCUT2D eigenvalue weighted by Crippen LogP contribution is 2.08. The molecule has 1 rings (SSSR count). The van der Waals surface area contributed by atoms with Gasteiger partial charge in [0.05, 0.1) is 0 Å². The molecule has 0 bridgehead atoms. The summed E-state index contributed by atoms with van der Waals surface area (Å²) in [5, 5.41) is 0. The summed E-state index contributed by atoms with van der Waals surface area (Å²) < 4.78 is 0. The lowest BCUT2D eigenvalue weighted by Gasteiger charge is -1.97. The van der Waals surface area contributed by atoms with Gasteiger partial charge < -0.3 is 0 Å². The third-order valence-electron chi connectivity index (χ3n) is 2.39. The van der Waals surface area contributed by atoms with E-state index >= 15 is 0 Å². The standard InChI is InChI=1S/C14H20/c1-2-4-6-8-10-12-14-13-11-9-7-5-3-1/h1-5,9H,6,8,10-14H2/b3-1+,4-2+. The molecular weight excluding hydrogens is 168 g/mol. The summed E-state index contributed by atoms with van der Waals surface area (Å²) in [6, 6.07) is 0. The maximum absolute atomic E-state index is 3.17. The van der Waals surface area contributed by atoms with Crippen molar-refractivity contribution in [1.82, 2.24) is 0 Å². The van der Waals surface area contributed by atoms with Gasteiger partial charge in [-0.1, -0.05) is 43.6 Å². The molecule has 0 aromatic rings. The van der Waals surface area contributed by atoms with Crippen LogP contribution in [0.25, 0.3) is 0 Å². The van der Waals surface area contributed by atoms with E-state index in [2.05, 4.69) is 30.0 Å². The van der Waals surface area contributed by atoms with E-state index in [9.17, 15) is 0 Å². The molecule has 0 unspecified atom stereocenters. The molecule has 14 heavy (non-hydrogen) atoms. The highest BCUT2D eigenvalue weighted by Gasteiger charge is 1.88. The van der Waals surface area contributed by atoms with Gasteiger partial charge in [0.2, 0.25) is 0 Å². The maximum atomic E-state index is 3.17.